The fourth-order valence-corrected chi connectivity index (χ4v) is 6.23. The number of hydrogen-bond donors (Lipinski definition) is 0. The monoisotopic (exact) mass is 604 g/mol. The van der Waals surface area contributed by atoms with Gasteiger partial charge in [-0.2, -0.15) is 8.42 Å². The minimum atomic E-state index is -4.06. The fourth-order valence-electron chi connectivity index (χ4n) is 5.14. The number of anilines is 1. The van der Waals surface area contributed by atoms with Crippen LogP contribution in [0.3, 0.4) is 0 Å². The average molecular weight is 605 g/mol. The lowest BCUT2D eigenvalue weighted by molar-refractivity contribution is -0.106. The maximum atomic E-state index is 13.1. The zero-order chi connectivity index (χ0) is 30.4. The lowest BCUT2D eigenvalue weighted by Gasteiger charge is -2.24. The molecule has 8 nitrogen and oxygen atoms in total. The van der Waals surface area contributed by atoms with E-state index in [-0.39, 0.29) is 17.8 Å². The maximum absolute atomic E-state index is 13.1. The molecule has 1 aromatic heterocycles. The van der Waals surface area contributed by atoms with Gasteiger partial charge in [0.05, 0.1) is 17.2 Å². The third-order valence-corrected chi connectivity index (χ3v) is 9.00. The molecule has 2 heterocycles. The second kappa shape index (κ2) is 13.8. The Balaban J connectivity index is 1.27. The number of fused-ring (bicyclic) bond motifs is 1. The molecule has 1 aliphatic heterocycles. The van der Waals surface area contributed by atoms with E-state index in [4.69, 9.17) is 23.4 Å². The van der Waals surface area contributed by atoms with Gasteiger partial charge in [-0.15, -0.1) is 0 Å². The number of benzene rings is 3. The molecule has 2 unspecified atom stereocenters. The van der Waals surface area contributed by atoms with E-state index in [0.717, 1.165) is 54.6 Å². The van der Waals surface area contributed by atoms with Crippen LogP contribution in [-0.4, -0.2) is 52.1 Å². The Hall–Kier alpha value is -3.66. The first-order valence-corrected chi connectivity index (χ1v) is 16.4. The highest BCUT2D eigenvalue weighted by Crippen LogP contribution is 2.30. The second-order valence-corrected chi connectivity index (χ2v) is 12.3. The quantitative estimate of drug-likeness (QED) is 0.158. The van der Waals surface area contributed by atoms with Crippen molar-refractivity contribution in [2.45, 2.75) is 64.2 Å². The number of pyridine rings is 1. The molecule has 1 saturated heterocycles. The van der Waals surface area contributed by atoms with Crippen molar-refractivity contribution >= 4 is 26.7 Å². The zero-order valence-corrected chi connectivity index (χ0v) is 26.1. The van der Waals surface area contributed by atoms with Crippen LogP contribution >= 0.6 is 0 Å². The molecular formula is C34H40N2O6S. The summed E-state index contributed by atoms with van der Waals surface area (Å²) in [5.74, 6) is 1.03. The molecule has 3 aromatic carbocycles. The summed E-state index contributed by atoms with van der Waals surface area (Å²) < 4.78 is 49.5. The predicted molar refractivity (Wildman–Crippen MR) is 169 cm³/mol. The van der Waals surface area contributed by atoms with Crippen molar-refractivity contribution in [2.24, 2.45) is 0 Å². The highest BCUT2D eigenvalue weighted by Gasteiger charge is 2.23. The minimum Gasteiger partial charge on any atom is -0.489 e. The molecule has 2 atom stereocenters. The topological polar surface area (TPSA) is 87.2 Å². The first kappa shape index (κ1) is 30.8. The van der Waals surface area contributed by atoms with Gasteiger partial charge in [-0.05, 0) is 76.4 Å². The number of nitrogens with zero attached hydrogens (tertiary/aromatic N) is 2. The van der Waals surface area contributed by atoms with Gasteiger partial charge in [-0.1, -0.05) is 36.4 Å². The average Bonchev–Trinajstić information content (AvgIpc) is 3.02. The van der Waals surface area contributed by atoms with E-state index in [1.807, 2.05) is 37.3 Å². The van der Waals surface area contributed by atoms with E-state index < -0.39 is 16.2 Å². The van der Waals surface area contributed by atoms with Crippen LogP contribution in [0.2, 0.25) is 0 Å². The highest BCUT2D eigenvalue weighted by atomic mass is 32.2. The van der Waals surface area contributed by atoms with Crippen LogP contribution < -0.4 is 14.4 Å². The summed E-state index contributed by atoms with van der Waals surface area (Å²) in [5, 5.41) is 0.927. The van der Waals surface area contributed by atoms with Gasteiger partial charge in [-0.25, -0.2) is 4.98 Å². The number of hydrogen-bond acceptors (Lipinski definition) is 8. The summed E-state index contributed by atoms with van der Waals surface area (Å²) >= 11 is 0. The molecular weight excluding hydrogens is 564 g/mol. The summed E-state index contributed by atoms with van der Waals surface area (Å²) in [6, 6.07) is 22.8. The first-order chi connectivity index (χ1) is 20.8. The van der Waals surface area contributed by atoms with Gasteiger partial charge in [0.2, 0.25) is 0 Å². The van der Waals surface area contributed by atoms with Crippen LogP contribution in [0.4, 0.5) is 5.69 Å². The van der Waals surface area contributed by atoms with Gasteiger partial charge in [0.1, 0.15) is 29.7 Å². The van der Waals surface area contributed by atoms with Gasteiger partial charge in [0.25, 0.3) is 10.1 Å². The molecule has 0 aliphatic carbocycles. The largest absolute Gasteiger partial charge is 0.489 e. The van der Waals surface area contributed by atoms with Gasteiger partial charge < -0.3 is 19.1 Å². The number of para-hydroxylation sites is 1. The normalized spacial score (nSPS) is 16.1. The summed E-state index contributed by atoms with van der Waals surface area (Å²) in [4.78, 5) is 7.23. The van der Waals surface area contributed by atoms with Gasteiger partial charge >= 0.3 is 0 Å². The van der Waals surface area contributed by atoms with Gasteiger partial charge in [0, 0.05) is 42.2 Å². The lowest BCUT2D eigenvalue weighted by atomic mass is 10.1. The van der Waals surface area contributed by atoms with Crippen molar-refractivity contribution < 1.29 is 26.8 Å². The van der Waals surface area contributed by atoms with E-state index in [1.165, 1.54) is 17.8 Å². The molecule has 5 rings (SSSR count). The fraction of sp³-hybridized carbons (Fsp3) is 0.382. The van der Waals surface area contributed by atoms with E-state index in [1.54, 1.807) is 13.0 Å². The van der Waals surface area contributed by atoms with Crippen LogP contribution in [0.5, 0.6) is 11.5 Å². The Morgan fingerprint density at radius 3 is 2.49 bits per heavy atom. The molecule has 0 saturated carbocycles. The Morgan fingerprint density at radius 2 is 1.77 bits per heavy atom. The van der Waals surface area contributed by atoms with Crippen LogP contribution in [0, 0.1) is 6.92 Å². The summed E-state index contributed by atoms with van der Waals surface area (Å²) in [5.41, 5.74) is 4.54. The number of aromatic nitrogens is 1. The summed E-state index contributed by atoms with van der Waals surface area (Å²) in [6.07, 6.45) is 1.67. The minimum absolute atomic E-state index is 0.0218. The van der Waals surface area contributed by atoms with Crippen LogP contribution in [0.25, 0.3) is 22.2 Å². The van der Waals surface area contributed by atoms with Crippen molar-refractivity contribution in [2.75, 3.05) is 31.2 Å². The molecule has 4 aromatic rings. The number of ether oxygens (including phenoxy) is 3. The van der Waals surface area contributed by atoms with Crippen LogP contribution in [0.1, 0.15) is 45.6 Å². The molecule has 228 valence electrons. The molecule has 0 spiro atoms. The van der Waals surface area contributed by atoms with Crippen LogP contribution in [-0.2, 0) is 19.0 Å². The van der Waals surface area contributed by atoms with Crippen LogP contribution in [0.15, 0.2) is 77.7 Å². The highest BCUT2D eigenvalue weighted by molar-refractivity contribution is 7.86. The standard InChI is InChI=1S/C34H40N2O6S/c1-5-36(6-2)28-17-14-26(15-18-28)30-20-16-27-10-9-11-31(34(27)35-30)40-23-25(4)42-43(37,38)29-19-13-24(3)32(22-29)41-33-12-7-8-21-39-33/h9-11,13-20,22,25,33H,5-8,12,21,23H2,1-4H3. The molecule has 0 N–H and O–H groups in total. The molecule has 1 fully saturated rings. The Bertz CT molecular complexity index is 1630. The third kappa shape index (κ3) is 7.47. The predicted octanol–water partition coefficient (Wildman–Crippen LogP) is 7.13. The van der Waals surface area contributed by atoms with Crippen molar-refractivity contribution in [3.63, 3.8) is 0 Å². The molecule has 43 heavy (non-hydrogen) atoms. The summed E-state index contributed by atoms with van der Waals surface area (Å²) in [7, 11) is -4.06. The Labute approximate surface area is 254 Å². The number of aryl methyl sites for hydroxylation is 1. The van der Waals surface area contributed by atoms with Crippen molar-refractivity contribution in [3.8, 4) is 22.8 Å². The third-order valence-electron chi connectivity index (χ3n) is 7.58. The molecule has 9 heteroatoms. The van der Waals surface area contributed by atoms with E-state index >= 15 is 0 Å². The SMILES string of the molecule is CCN(CC)c1ccc(-c2ccc3cccc(OCC(C)OS(=O)(=O)c4ccc(C)c(OC5CCCCO5)c4)c3n2)cc1. The molecule has 0 amide bonds. The smallest absolute Gasteiger partial charge is 0.297 e. The van der Waals surface area contributed by atoms with Gasteiger partial charge in [0.15, 0.2) is 6.29 Å². The van der Waals surface area contributed by atoms with Crippen molar-refractivity contribution in [1.29, 1.82) is 0 Å². The van der Waals surface area contributed by atoms with E-state index in [2.05, 4.69) is 43.0 Å². The van der Waals surface area contributed by atoms with E-state index in [0.29, 0.717) is 23.6 Å². The molecule has 1 aliphatic rings. The Kier molecular flexibility index (Phi) is 9.85. The molecule has 0 bridgehead atoms. The second-order valence-electron chi connectivity index (χ2n) is 10.8. The van der Waals surface area contributed by atoms with Crippen molar-refractivity contribution in [1.82, 2.24) is 4.98 Å². The lowest BCUT2D eigenvalue weighted by Crippen LogP contribution is -2.25. The van der Waals surface area contributed by atoms with Crippen molar-refractivity contribution in [3.05, 3.63) is 78.4 Å². The molecule has 0 radical (unpaired) electrons. The van der Waals surface area contributed by atoms with Gasteiger partial charge in [-0.3, -0.25) is 4.18 Å². The zero-order valence-electron chi connectivity index (χ0n) is 25.3. The first-order valence-electron chi connectivity index (χ1n) is 15.0. The Morgan fingerprint density at radius 1 is 0.977 bits per heavy atom. The summed E-state index contributed by atoms with van der Waals surface area (Å²) in [6.45, 7) is 10.4. The van der Waals surface area contributed by atoms with E-state index in [9.17, 15) is 8.42 Å². The number of rotatable bonds is 12. The maximum Gasteiger partial charge on any atom is 0.297 e.